The fraction of sp³-hybridized carbons (Fsp3) is 0.562. The van der Waals surface area contributed by atoms with Crippen molar-refractivity contribution >= 4 is 0 Å². The highest BCUT2D eigenvalue weighted by Crippen LogP contribution is 2.37. The number of nitrogens with one attached hydrogen (secondary N) is 1. The van der Waals surface area contributed by atoms with Gasteiger partial charge in [0.05, 0.1) is 17.7 Å². The Balaban J connectivity index is 1.64. The van der Waals surface area contributed by atoms with Crippen molar-refractivity contribution in [1.82, 2.24) is 20.4 Å². The van der Waals surface area contributed by atoms with Gasteiger partial charge in [-0.25, -0.2) is 0 Å². The number of nitrogens with zero attached hydrogens (tertiary/aromatic N) is 3. The zero-order chi connectivity index (χ0) is 15.8. The van der Waals surface area contributed by atoms with E-state index in [2.05, 4.69) is 48.1 Å². The number of hydrogen-bond donors (Lipinski definition) is 1. The summed E-state index contributed by atoms with van der Waals surface area (Å²) in [6.07, 6.45) is 4.39. The van der Waals surface area contributed by atoms with Crippen LogP contribution in [0.3, 0.4) is 0 Å². The van der Waals surface area contributed by atoms with E-state index in [4.69, 9.17) is 9.26 Å². The third-order valence-corrected chi connectivity index (χ3v) is 3.96. The van der Waals surface area contributed by atoms with E-state index in [-0.39, 0.29) is 17.2 Å². The summed E-state index contributed by atoms with van der Waals surface area (Å²) in [5, 5.41) is 7.47. The predicted octanol–water partition coefficient (Wildman–Crippen LogP) is 2.57. The van der Waals surface area contributed by atoms with E-state index in [0.29, 0.717) is 18.3 Å². The maximum absolute atomic E-state index is 6.07. The molecule has 0 amide bonds. The second-order valence-corrected chi connectivity index (χ2v) is 6.86. The van der Waals surface area contributed by atoms with Gasteiger partial charge in [-0.3, -0.25) is 4.98 Å². The van der Waals surface area contributed by atoms with Crippen molar-refractivity contribution in [3.8, 4) is 11.4 Å². The lowest BCUT2D eigenvalue weighted by Gasteiger charge is -2.27. The lowest BCUT2D eigenvalue weighted by Crippen LogP contribution is -2.43. The van der Waals surface area contributed by atoms with E-state index in [1.807, 2.05) is 12.1 Å². The topological polar surface area (TPSA) is 73.1 Å². The molecule has 3 rings (SSSR count). The van der Waals surface area contributed by atoms with Crippen molar-refractivity contribution < 1.29 is 9.26 Å². The van der Waals surface area contributed by atoms with Gasteiger partial charge in [-0.05, 0) is 46.2 Å². The van der Waals surface area contributed by atoms with Gasteiger partial charge in [0.2, 0.25) is 11.7 Å². The van der Waals surface area contributed by atoms with E-state index in [0.717, 1.165) is 12.0 Å². The normalized spacial score (nSPS) is 22.8. The SMILES string of the molecule is CC1(C)C[C@@H](NCc2nc(-c3cccnc3)no2)C(C)(C)O1. The first-order chi connectivity index (χ1) is 10.4. The van der Waals surface area contributed by atoms with Crippen LogP contribution < -0.4 is 5.32 Å². The first kappa shape index (κ1) is 15.1. The van der Waals surface area contributed by atoms with Gasteiger partial charge in [0.15, 0.2) is 0 Å². The Morgan fingerprint density at radius 2 is 2.14 bits per heavy atom. The standard InChI is InChI=1S/C16H22N4O2/c1-15(2)8-12(16(3,4)22-15)18-10-13-19-14(20-21-13)11-6-5-7-17-9-11/h5-7,9,12,18H,8,10H2,1-4H3/t12-/m1/s1. The van der Waals surface area contributed by atoms with E-state index in [9.17, 15) is 0 Å². The number of aromatic nitrogens is 3. The lowest BCUT2D eigenvalue weighted by molar-refractivity contribution is -0.0700. The van der Waals surface area contributed by atoms with E-state index < -0.39 is 0 Å². The molecule has 2 aromatic heterocycles. The van der Waals surface area contributed by atoms with Crippen molar-refractivity contribution in [2.24, 2.45) is 0 Å². The van der Waals surface area contributed by atoms with Crippen molar-refractivity contribution in [2.45, 2.75) is 57.9 Å². The Labute approximate surface area is 130 Å². The maximum Gasteiger partial charge on any atom is 0.240 e. The Morgan fingerprint density at radius 3 is 2.77 bits per heavy atom. The maximum atomic E-state index is 6.07. The van der Waals surface area contributed by atoms with Crippen molar-refractivity contribution in [3.05, 3.63) is 30.4 Å². The summed E-state index contributed by atoms with van der Waals surface area (Å²) in [6.45, 7) is 8.97. The minimum Gasteiger partial charge on any atom is -0.368 e. The summed E-state index contributed by atoms with van der Waals surface area (Å²) in [7, 11) is 0. The lowest BCUT2D eigenvalue weighted by atomic mass is 9.94. The second-order valence-electron chi connectivity index (χ2n) is 6.86. The third kappa shape index (κ3) is 3.18. The van der Waals surface area contributed by atoms with Crippen LogP contribution in [0.25, 0.3) is 11.4 Å². The zero-order valence-electron chi connectivity index (χ0n) is 13.5. The van der Waals surface area contributed by atoms with Gasteiger partial charge in [0, 0.05) is 24.0 Å². The van der Waals surface area contributed by atoms with E-state index >= 15 is 0 Å². The molecule has 0 spiro atoms. The number of hydrogen-bond acceptors (Lipinski definition) is 6. The molecule has 118 valence electrons. The average molecular weight is 302 g/mol. The van der Waals surface area contributed by atoms with Crippen molar-refractivity contribution in [3.63, 3.8) is 0 Å². The van der Waals surface area contributed by atoms with Crippen molar-refractivity contribution in [2.75, 3.05) is 0 Å². The first-order valence-electron chi connectivity index (χ1n) is 7.52. The molecular weight excluding hydrogens is 280 g/mol. The summed E-state index contributed by atoms with van der Waals surface area (Å²) >= 11 is 0. The summed E-state index contributed by atoms with van der Waals surface area (Å²) in [6, 6.07) is 4.01. The van der Waals surface area contributed by atoms with Gasteiger partial charge >= 0.3 is 0 Å². The van der Waals surface area contributed by atoms with Crippen LogP contribution in [0, 0.1) is 0 Å². The molecule has 0 aromatic carbocycles. The predicted molar refractivity (Wildman–Crippen MR) is 82.0 cm³/mol. The van der Waals surface area contributed by atoms with Crippen LogP contribution in [0.2, 0.25) is 0 Å². The Bertz CT molecular complexity index is 637. The molecule has 2 aromatic rings. The van der Waals surface area contributed by atoms with Crippen LogP contribution in [0.15, 0.2) is 29.0 Å². The number of rotatable bonds is 4. The largest absolute Gasteiger partial charge is 0.368 e. The molecule has 22 heavy (non-hydrogen) atoms. The molecule has 1 N–H and O–H groups in total. The Morgan fingerprint density at radius 1 is 1.32 bits per heavy atom. The molecule has 1 aliphatic rings. The van der Waals surface area contributed by atoms with Crippen LogP contribution in [0.4, 0.5) is 0 Å². The third-order valence-electron chi connectivity index (χ3n) is 3.96. The minimum atomic E-state index is -0.213. The van der Waals surface area contributed by atoms with Gasteiger partial charge in [0.25, 0.3) is 0 Å². The van der Waals surface area contributed by atoms with E-state index in [1.54, 1.807) is 12.4 Å². The fourth-order valence-corrected chi connectivity index (χ4v) is 3.03. The number of ether oxygens (including phenoxy) is 1. The summed E-state index contributed by atoms with van der Waals surface area (Å²) in [5.41, 5.74) is 0.523. The molecule has 0 aliphatic carbocycles. The molecule has 0 radical (unpaired) electrons. The Hall–Kier alpha value is -1.79. The highest BCUT2D eigenvalue weighted by Gasteiger charge is 2.45. The van der Waals surface area contributed by atoms with Crippen LogP contribution in [0.1, 0.15) is 40.0 Å². The molecule has 0 saturated carbocycles. The molecule has 0 unspecified atom stereocenters. The van der Waals surface area contributed by atoms with Crippen molar-refractivity contribution in [1.29, 1.82) is 0 Å². The fourth-order valence-electron chi connectivity index (χ4n) is 3.03. The molecule has 6 heteroatoms. The van der Waals surface area contributed by atoms with Gasteiger partial charge in [-0.2, -0.15) is 4.98 Å². The molecule has 0 bridgehead atoms. The molecule has 1 fully saturated rings. The van der Waals surface area contributed by atoms with E-state index in [1.165, 1.54) is 0 Å². The van der Waals surface area contributed by atoms with Crippen LogP contribution in [-0.4, -0.2) is 32.4 Å². The van der Waals surface area contributed by atoms with Gasteiger partial charge in [-0.1, -0.05) is 5.16 Å². The highest BCUT2D eigenvalue weighted by molar-refractivity contribution is 5.51. The van der Waals surface area contributed by atoms with Gasteiger partial charge < -0.3 is 14.6 Å². The summed E-state index contributed by atoms with van der Waals surface area (Å²) in [5.74, 6) is 1.13. The molecule has 1 atom stereocenters. The van der Waals surface area contributed by atoms with Crippen LogP contribution >= 0.6 is 0 Å². The molecule has 1 saturated heterocycles. The Kier molecular flexibility index (Phi) is 3.74. The summed E-state index contributed by atoms with van der Waals surface area (Å²) < 4.78 is 11.4. The zero-order valence-corrected chi connectivity index (χ0v) is 13.5. The average Bonchev–Trinajstić information content (AvgIpc) is 2.99. The second kappa shape index (κ2) is 5.44. The smallest absolute Gasteiger partial charge is 0.240 e. The van der Waals surface area contributed by atoms with Gasteiger partial charge in [0.1, 0.15) is 0 Å². The molecule has 3 heterocycles. The van der Waals surface area contributed by atoms with Crippen LogP contribution in [-0.2, 0) is 11.3 Å². The molecular formula is C16H22N4O2. The minimum absolute atomic E-state index is 0.114. The quantitative estimate of drug-likeness (QED) is 0.935. The van der Waals surface area contributed by atoms with Gasteiger partial charge in [-0.15, -0.1) is 0 Å². The highest BCUT2D eigenvalue weighted by atomic mass is 16.5. The number of pyridine rings is 1. The van der Waals surface area contributed by atoms with Crippen LogP contribution in [0.5, 0.6) is 0 Å². The molecule has 1 aliphatic heterocycles. The summed E-state index contributed by atoms with van der Waals surface area (Å²) in [4.78, 5) is 8.46. The first-order valence-corrected chi connectivity index (χ1v) is 7.52. The molecule has 6 nitrogen and oxygen atoms in total. The monoisotopic (exact) mass is 302 g/mol.